The lowest BCUT2D eigenvalue weighted by molar-refractivity contribution is 0.104. The van der Waals surface area contributed by atoms with Crippen molar-refractivity contribution in [3.63, 3.8) is 0 Å². The summed E-state index contributed by atoms with van der Waals surface area (Å²) in [5.74, 6) is 0.317. The lowest BCUT2D eigenvalue weighted by Gasteiger charge is -2.17. The summed E-state index contributed by atoms with van der Waals surface area (Å²) in [6.45, 7) is 0.276. The number of rotatable bonds is 5. The topological polar surface area (TPSA) is 63.7 Å². The molecule has 8 heteroatoms. The molecule has 0 radical (unpaired) electrons. The third-order valence-corrected chi connectivity index (χ3v) is 6.46. The maximum atomic E-state index is 12.4. The van der Waals surface area contributed by atoms with Gasteiger partial charge in [-0.1, -0.05) is 29.3 Å². The van der Waals surface area contributed by atoms with Crippen LogP contribution in [0.15, 0.2) is 59.0 Å². The van der Waals surface area contributed by atoms with Crippen molar-refractivity contribution in [3.8, 4) is 5.75 Å². The molecular weight excluding hydrogens is 421 g/mol. The van der Waals surface area contributed by atoms with Gasteiger partial charge in [-0.15, -0.1) is 0 Å². The molecule has 0 spiro atoms. The fraction of sp³-hybridized carbons (Fsp3) is 0.150. The van der Waals surface area contributed by atoms with E-state index >= 15 is 0 Å². The number of hydrogen-bond donors (Lipinski definition) is 0. The number of carbonyl (C=O) groups is 1. The van der Waals surface area contributed by atoms with E-state index in [-0.39, 0.29) is 17.3 Å². The zero-order valence-electron chi connectivity index (χ0n) is 15.1. The first-order valence-electron chi connectivity index (χ1n) is 8.26. The van der Waals surface area contributed by atoms with Crippen molar-refractivity contribution in [2.24, 2.45) is 0 Å². The first-order valence-corrected chi connectivity index (χ1v) is 10.5. The van der Waals surface area contributed by atoms with Crippen molar-refractivity contribution in [3.05, 3.63) is 75.3 Å². The fourth-order valence-corrected chi connectivity index (χ4v) is 4.08. The van der Waals surface area contributed by atoms with E-state index in [2.05, 4.69) is 0 Å². The summed E-state index contributed by atoms with van der Waals surface area (Å²) >= 11 is 12.1. The normalized spacial score (nSPS) is 14.0. The highest BCUT2D eigenvalue weighted by molar-refractivity contribution is 7.89. The van der Waals surface area contributed by atoms with Gasteiger partial charge >= 0.3 is 0 Å². The number of allylic oxidation sites excluding steroid dienone is 1. The Morgan fingerprint density at radius 1 is 1.14 bits per heavy atom. The van der Waals surface area contributed by atoms with E-state index < -0.39 is 10.0 Å². The van der Waals surface area contributed by atoms with Crippen LogP contribution in [0.1, 0.15) is 15.9 Å². The molecule has 0 atom stereocenters. The van der Waals surface area contributed by atoms with Crippen LogP contribution >= 0.6 is 23.2 Å². The van der Waals surface area contributed by atoms with E-state index in [1.54, 1.807) is 18.2 Å². The third kappa shape index (κ3) is 4.31. The van der Waals surface area contributed by atoms with Crippen LogP contribution in [-0.2, 0) is 10.0 Å². The molecule has 146 valence electrons. The number of fused-ring (bicyclic) bond motifs is 1. The summed E-state index contributed by atoms with van der Waals surface area (Å²) in [5, 5.41) is 0.934. The Labute approximate surface area is 173 Å². The molecule has 28 heavy (non-hydrogen) atoms. The minimum absolute atomic E-state index is 0.131. The van der Waals surface area contributed by atoms with Crippen LogP contribution in [0.2, 0.25) is 10.0 Å². The van der Waals surface area contributed by atoms with Crippen LogP contribution in [-0.4, -0.2) is 39.2 Å². The highest BCUT2D eigenvalue weighted by Crippen LogP contribution is 2.36. The quantitative estimate of drug-likeness (QED) is 0.511. The number of nitrogens with zero attached hydrogens (tertiary/aromatic N) is 1. The van der Waals surface area contributed by atoms with Gasteiger partial charge in [-0.2, -0.15) is 0 Å². The van der Waals surface area contributed by atoms with E-state index in [1.165, 1.54) is 44.4 Å². The van der Waals surface area contributed by atoms with Crippen LogP contribution in [0.4, 0.5) is 0 Å². The Morgan fingerprint density at radius 2 is 1.82 bits per heavy atom. The molecule has 0 amide bonds. The molecule has 0 fully saturated rings. The maximum Gasteiger partial charge on any atom is 0.242 e. The van der Waals surface area contributed by atoms with Crippen LogP contribution in [0, 0.1) is 0 Å². The molecule has 0 saturated heterocycles. The van der Waals surface area contributed by atoms with Crippen LogP contribution in [0.5, 0.6) is 5.75 Å². The average Bonchev–Trinajstić information content (AvgIpc) is 2.65. The van der Waals surface area contributed by atoms with Gasteiger partial charge in [-0.05, 0) is 54.1 Å². The second-order valence-corrected chi connectivity index (χ2v) is 9.32. The molecule has 0 saturated carbocycles. The highest BCUT2D eigenvalue weighted by Gasteiger charge is 2.17. The largest absolute Gasteiger partial charge is 0.487 e. The molecule has 2 aromatic rings. The number of ketones is 1. The molecule has 0 N–H and O–H groups in total. The van der Waals surface area contributed by atoms with Crippen molar-refractivity contribution in [2.45, 2.75) is 4.90 Å². The first kappa shape index (κ1) is 20.6. The third-order valence-electron chi connectivity index (χ3n) is 4.13. The number of benzene rings is 2. The Morgan fingerprint density at radius 3 is 2.46 bits per heavy atom. The minimum atomic E-state index is -3.53. The van der Waals surface area contributed by atoms with Gasteiger partial charge in [-0.25, -0.2) is 12.7 Å². The number of carbonyl (C=O) groups excluding carboxylic acids is 1. The lowest BCUT2D eigenvalue weighted by Crippen LogP contribution is -2.22. The molecule has 0 unspecified atom stereocenters. The van der Waals surface area contributed by atoms with E-state index in [0.717, 1.165) is 15.4 Å². The molecular formula is C20H17Cl2NO4S. The second-order valence-electron chi connectivity index (χ2n) is 6.32. The van der Waals surface area contributed by atoms with Gasteiger partial charge in [0, 0.05) is 30.2 Å². The number of ether oxygens (including phenoxy) is 1. The standard InChI is InChI=1S/C20H17Cl2NO4S/c1-23(2)28(25,26)17-6-4-14(5-7-17)19(24)8-3-13-9-15-10-16(21)11-18(22)20(15)27-12-13/h3-11H,12H2,1-2H3/b8-3+. The predicted molar refractivity (Wildman–Crippen MR) is 111 cm³/mol. The van der Waals surface area contributed by atoms with E-state index in [9.17, 15) is 13.2 Å². The summed E-state index contributed by atoms with van der Waals surface area (Å²) in [6, 6.07) is 9.16. The summed E-state index contributed by atoms with van der Waals surface area (Å²) < 4.78 is 30.9. The van der Waals surface area contributed by atoms with Crippen molar-refractivity contribution >= 4 is 45.1 Å². The van der Waals surface area contributed by atoms with Gasteiger partial charge in [0.15, 0.2) is 5.78 Å². The highest BCUT2D eigenvalue weighted by atomic mass is 35.5. The Kier molecular flexibility index (Phi) is 5.95. The van der Waals surface area contributed by atoms with Crippen molar-refractivity contribution in [2.75, 3.05) is 20.7 Å². The SMILES string of the molecule is CN(C)S(=O)(=O)c1ccc(C(=O)/C=C/C2=Cc3cc(Cl)cc(Cl)c3OC2)cc1. The Hall–Kier alpha value is -2.12. The van der Waals surface area contributed by atoms with E-state index in [4.69, 9.17) is 27.9 Å². The fourth-order valence-electron chi connectivity index (χ4n) is 2.61. The predicted octanol–water partition coefficient (Wildman–Crippen LogP) is 4.46. The zero-order chi connectivity index (χ0) is 20.5. The van der Waals surface area contributed by atoms with Crippen molar-refractivity contribution in [1.29, 1.82) is 0 Å². The van der Waals surface area contributed by atoms with E-state index in [1.807, 2.05) is 6.08 Å². The van der Waals surface area contributed by atoms with Gasteiger partial charge in [0.25, 0.3) is 0 Å². The molecule has 0 aromatic heterocycles. The van der Waals surface area contributed by atoms with Gasteiger partial charge in [0.2, 0.25) is 10.0 Å². The second kappa shape index (κ2) is 8.09. The van der Waals surface area contributed by atoms with Crippen LogP contribution in [0.3, 0.4) is 0 Å². The van der Waals surface area contributed by atoms with Gasteiger partial charge in [0.1, 0.15) is 12.4 Å². The molecule has 0 aliphatic carbocycles. The van der Waals surface area contributed by atoms with Gasteiger partial charge in [0.05, 0.1) is 9.92 Å². The molecule has 1 heterocycles. The van der Waals surface area contributed by atoms with Crippen molar-refractivity contribution < 1.29 is 17.9 Å². The minimum Gasteiger partial charge on any atom is -0.487 e. The smallest absolute Gasteiger partial charge is 0.242 e. The molecule has 2 aromatic carbocycles. The monoisotopic (exact) mass is 437 g/mol. The molecule has 5 nitrogen and oxygen atoms in total. The summed E-state index contributed by atoms with van der Waals surface area (Å²) in [7, 11) is -0.619. The van der Waals surface area contributed by atoms with Gasteiger partial charge < -0.3 is 4.74 Å². The molecule has 1 aliphatic rings. The molecule has 0 bridgehead atoms. The first-order chi connectivity index (χ1) is 13.2. The summed E-state index contributed by atoms with van der Waals surface area (Å²) in [6.07, 6.45) is 4.93. The Balaban J connectivity index is 1.78. The Bertz CT molecular complexity index is 1090. The molecule has 3 rings (SSSR count). The zero-order valence-corrected chi connectivity index (χ0v) is 17.5. The summed E-state index contributed by atoms with van der Waals surface area (Å²) in [5.41, 5.74) is 1.91. The number of hydrogen-bond acceptors (Lipinski definition) is 4. The van der Waals surface area contributed by atoms with Crippen molar-refractivity contribution in [1.82, 2.24) is 4.31 Å². The van der Waals surface area contributed by atoms with E-state index in [0.29, 0.717) is 21.4 Å². The lowest BCUT2D eigenvalue weighted by atomic mass is 10.1. The molecule has 1 aliphatic heterocycles. The van der Waals surface area contributed by atoms with Crippen LogP contribution in [0.25, 0.3) is 6.08 Å². The number of halogens is 2. The average molecular weight is 438 g/mol. The van der Waals surface area contributed by atoms with Crippen LogP contribution < -0.4 is 4.74 Å². The maximum absolute atomic E-state index is 12.4. The summed E-state index contributed by atoms with van der Waals surface area (Å²) in [4.78, 5) is 12.5. The number of sulfonamides is 1. The van der Waals surface area contributed by atoms with Gasteiger partial charge in [-0.3, -0.25) is 4.79 Å².